The van der Waals surface area contributed by atoms with E-state index in [4.69, 9.17) is 16.0 Å². The van der Waals surface area contributed by atoms with Gasteiger partial charge in [-0.3, -0.25) is 20.3 Å². The quantitative estimate of drug-likeness (QED) is 0.357. The molecular formula is C15H15ClN6O6. The molecule has 0 saturated carbocycles. The third kappa shape index (κ3) is 6.49. The van der Waals surface area contributed by atoms with Crippen molar-refractivity contribution in [3.05, 3.63) is 57.5 Å². The van der Waals surface area contributed by atoms with Crippen LogP contribution in [0, 0.1) is 10.1 Å². The van der Waals surface area contributed by atoms with Crippen molar-refractivity contribution >= 4 is 40.9 Å². The molecule has 2 rings (SSSR count). The van der Waals surface area contributed by atoms with Crippen molar-refractivity contribution in [2.75, 3.05) is 11.9 Å². The van der Waals surface area contributed by atoms with E-state index in [0.717, 1.165) is 6.07 Å². The normalized spacial score (nSPS) is 9.89. The van der Waals surface area contributed by atoms with Crippen LogP contribution in [0.15, 0.2) is 41.0 Å². The van der Waals surface area contributed by atoms with Crippen LogP contribution in [0.5, 0.6) is 0 Å². The van der Waals surface area contributed by atoms with Gasteiger partial charge in [-0.2, -0.15) is 0 Å². The zero-order chi connectivity index (χ0) is 20.5. The third-order valence-corrected chi connectivity index (χ3v) is 3.45. The van der Waals surface area contributed by atoms with Gasteiger partial charge in [0.15, 0.2) is 0 Å². The number of nitrogens with zero attached hydrogens (tertiary/aromatic N) is 1. The molecule has 0 aliphatic rings. The lowest BCUT2D eigenvalue weighted by atomic mass is 10.3. The summed E-state index contributed by atoms with van der Waals surface area (Å²) in [7, 11) is 0. The zero-order valence-electron chi connectivity index (χ0n) is 14.2. The molecule has 28 heavy (non-hydrogen) atoms. The Hall–Kier alpha value is -3.80. The van der Waals surface area contributed by atoms with Crippen LogP contribution < -0.4 is 26.8 Å². The number of carbonyl (C=O) groups excluding carboxylic acids is 3. The van der Waals surface area contributed by atoms with Crippen LogP contribution in [0.1, 0.15) is 5.76 Å². The van der Waals surface area contributed by atoms with Gasteiger partial charge in [0.05, 0.1) is 17.7 Å². The Morgan fingerprint density at radius 1 is 1.11 bits per heavy atom. The number of nitrogens with one attached hydrogen (secondary N) is 5. The van der Waals surface area contributed by atoms with Crippen molar-refractivity contribution in [1.29, 1.82) is 0 Å². The Morgan fingerprint density at radius 2 is 1.89 bits per heavy atom. The molecular weight excluding hydrogens is 396 g/mol. The Bertz CT molecular complexity index is 872. The van der Waals surface area contributed by atoms with Gasteiger partial charge < -0.3 is 20.4 Å². The molecule has 0 saturated heterocycles. The number of hydrogen-bond acceptors (Lipinski definition) is 6. The Kier molecular flexibility index (Phi) is 7.16. The number of hydrazine groups is 1. The molecule has 0 unspecified atom stereocenters. The van der Waals surface area contributed by atoms with Crippen molar-refractivity contribution in [3.63, 3.8) is 0 Å². The predicted octanol–water partition coefficient (Wildman–Crippen LogP) is 1.49. The van der Waals surface area contributed by atoms with Crippen molar-refractivity contribution in [2.45, 2.75) is 6.54 Å². The van der Waals surface area contributed by atoms with Crippen molar-refractivity contribution < 1.29 is 23.7 Å². The van der Waals surface area contributed by atoms with Gasteiger partial charge in [-0.25, -0.2) is 15.0 Å². The van der Waals surface area contributed by atoms with Crippen molar-refractivity contribution in [1.82, 2.24) is 21.5 Å². The SMILES string of the molecule is O=C(CNC(=O)NCc1ccco1)NNC(=O)Nc1ccc(Cl)c([N+](=O)[O-])c1. The molecule has 1 aromatic heterocycles. The van der Waals surface area contributed by atoms with E-state index in [-0.39, 0.29) is 22.9 Å². The number of furan rings is 1. The van der Waals surface area contributed by atoms with E-state index >= 15 is 0 Å². The number of nitro groups is 1. The molecule has 0 bridgehead atoms. The van der Waals surface area contributed by atoms with Gasteiger partial charge in [0.25, 0.3) is 11.6 Å². The minimum Gasteiger partial charge on any atom is -0.467 e. The molecule has 1 aromatic carbocycles. The van der Waals surface area contributed by atoms with Crippen molar-refractivity contribution in [3.8, 4) is 0 Å². The van der Waals surface area contributed by atoms with Gasteiger partial charge >= 0.3 is 12.1 Å². The summed E-state index contributed by atoms with van der Waals surface area (Å²) in [5, 5.41) is 17.8. The number of rotatable bonds is 6. The average Bonchev–Trinajstić information content (AvgIpc) is 3.18. The van der Waals surface area contributed by atoms with Gasteiger partial charge in [-0.05, 0) is 24.3 Å². The summed E-state index contributed by atoms with van der Waals surface area (Å²) in [6.45, 7) is -0.259. The van der Waals surface area contributed by atoms with E-state index in [0.29, 0.717) is 5.76 Å². The van der Waals surface area contributed by atoms with Crippen molar-refractivity contribution in [2.24, 2.45) is 0 Å². The lowest BCUT2D eigenvalue weighted by Gasteiger charge is -2.10. The highest BCUT2D eigenvalue weighted by atomic mass is 35.5. The summed E-state index contributed by atoms with van der Waals surface area (Å²) in [5.41, 5.74) is 3.80. The monoisotopic (exact) mass is 410 g/mol. The Balaban J connectivity index is 1.69. The van der Waals surface area contributed by atoms with Crippen LogP contribution in [0.4, 0.5) is 21.0 Å². The van der Waals surface area contributed by atoms with Gasteiger partial charge in [0, 0.05) is 11.8 Å². The van der Waals surface area contributed by atoms with Gasteiger partial charge in [-0.1, -0.05) is 11.6 Å². The van der Waals surface area contributed by atoms with E-state index in [1.165, 1.54) is 18.4 Å². The van der Waals surface area contributed by atoms with E-state index in [2.05, 4.69) is 21.4 Å². The van der Waals surface area contributed by atoms with E-state index < -0.39 is 29.4 Å². The summed E-state index contributed by atoms with van der Waals surface area (Å²) in [6, 6.07) is 5.54. The lowest BCUT2D eigenvalue weighted by Crippen LogP contribution is -2.49. The first kappa shape index (κ1) is 20.5. The lowest BCUT2D eigenvalue weighted by molar-refractivity contribution is -0.384. The molecule has 13 heteroatoms. The maximum Gasteiger partial charge on any atom is 0.337 e. The zero-order valence-corrected chi connectivity index (χ0v) is 14.9. The second-order valence-electron chi connectivity index (χ2n) is 5.17. The van der Waals surface area contributed by atoms with Crippen LogP contribution in [-0.4, -0.2) is 29.4 Å². The molecule has 0 aliphatic carbocycles. The maximum atomic E-state index is 11.7. The Labute approximate surface area is 162 Å². The number of hydrogen-bond donors (Lipinski definition) is 5. The molecule has 5 N–H and O–H groups in total. The topological polar surface area (TPSA) is 168 Å². The van der Waals surface area contributed by atoms with Crippen LogP contribution in [-0.2, 0) is 11.3 Å². The highest BCUT2D eigenvalue weighted by molar-refractivity contribution is 6.32. The van der Waals surface area contributed by atoms with Gasteiger partial charge in [0.2, 0.25) is 0 Å². The first-order valence-electron chi connectivity index (χ1n) is 7.69. The number of halogens is 1. The smallest absolute Gasteiger partial charge is 0.337 e. The fourth-order valence-electron chi connectivity index (χ4n) is 1.87. The summed E-state index contributed by atoms with van der Waals surface area (Å²) in [6.07, 6.45) is 1.46. The van der Waals surface area contributed by atoms with Crippen LogP contribution in [0.2, 0.25) is 5.02 Å². The second-order valence-corrected chi connectivity index (χ2v) is 5.57. The fourth-order valence-corrected chi connectivity index (χ4v) is 2.05. The molecule has 0 spiro atoms. The number of amides is 5. The number of benzene rings is 1. The molecule has 2 aromatic rings. The molecule has 0 aliphatic heterocycles. The number of urea groups is 2. The van der Waals surface area contributed by atoms with E-state index in [1.54, 1.807) is 12.1 Å². The minimum absolute atomic E-state index is 0.0827. The van der Waals surface area contributed by atoms with Gasteiger partial charge in [-0.15, -0.1) is 0 Å². The summed E-state index contributed by atoms with van der Waals surface area (Å²) < 4.78 is 5.03. The molecule has 0 atom stereocenters. The summed E-state index contributed by atoms with van der Waals surface area (Å²) in [5.74, 6) is -0.161. The minimum atomic E-state index is -0.854. The number of nitro benzene ring substituents is 1. The summed E-state index contributed by atoms with van der Waals surface area (Å²) in [4.78, 5) is 44.9. The first-order valence-corrected chi connectivity index (χ1v) is 8.07. The highest BCUT2D eigenvalue weighted by Crippen LogP contribution is 2.27. The van der Waals surface area contributed by atoms with Crippen LogP contribution in [0.25, 0.3) is 0 Å². The Morgan fingerprint density at radius 3 is 2.57 bits per heavy atom. The van der Waals surface area contributed by atoms with Crippen LogP contribution in [0.3, 0.4) is 0 Å². The second kappa shape index (κ2) is 9.78. The molecule has 5 amide bonds. The molecule has 148 valence electrons. The molecule has 12 nitrogen and oxygen atoms in total. The number of carbonyl (C=O) groups is 3. The highest BCUT2D eigenvalue weighted by Gasteiger charge is 2.14. The van der Waals surface area contributed by atoms with E-state index in [9.17, 15) is 24.5 Å². The van der Waals surface area contributed by atoms with Crippen LogP contribution >= 0.6 is 11.6 Å². The standard InChI is InChI=1S/C15H15ClN6O6/c16-11-4-3-9(6-12(11)22(26)27)19-15(25)21-20-13(23)8-18-14(24)17-7-10-2-1-5-28-10/h1-6H,7-8H2,(H,20,23)(H2,17,18,24)(H2,19,21,25). The third-order valence-electron chi connectivity index (χ3n) is 3.13. The first-order chi connectivity index (χ1) is 13.3. The molecule has 1 heterocycles. The maximum absolute atomic E-state index is 11.7. The average molecular weight is 411 g/mol. The fraction of sp³-hybridized carbons (Fsp3) is 0.133. The largest absolute Gasteiger partial charge is 0.467 e. The molecule has 0 fully saturated rings. The molecule has 0 radical (unpaired) electrons. The van der Waals surface area contributed by atoms with Gasteiger partial charge in [0.1, 0.15) is 17.3 Å². The predicted molar refractivity (Wildman–Crippen MR) is 97.3 cm³/mol. The number of anilines is 1. The van der Waals surface area contributed by atoms with E-state index in [1.807, 2.05) is 5.43 Å². The summed E-state index contributed by atoms with van der Waals surface area (Å²) >= 11 is 5.67.